The van der Waals surface area contributed by atoms with Gasteiger partial charge in [-0.05, 0) is 23.0 Å². The summed E-state index contributed by atoms with van der Waals surface area (Å²) in [6, 6.07) is 8.30. The van der Waals surface area contributed by atoms with Crippen LogP contribution in [-0.4, -0.2) is 43.6 Å². The fourth-order valence-electron chi connectivity index (χ4n) is 3.08. The second kappa shape index (κ2) is 7.90. The van der Waals surface area contributed by atoms with Crippen molar-refractivity contribution in [2.24, 2.45) is 11.1 Å². The highest BCUT2D eigenvalue weighted by molar-refractivity contribution is 5.78. The fourth-order valence-corrected chi connectivity index (χ4v) is 3.08. The average molecular weight is 319 g/mol. The van der Waals surface area contributed by atoms with Gasteiger partial charge in [0, 0.05) is 32.8 Å². The first-order valence-electron chi connectivity index (χ1n) is 8.22. The van der Waals surface area contributed by atoms with Gasteiger partial charge in [0.2, 0.25) is 5.91 Å². The number of hydrogen-bond donors (Lipinski definition) is 2. The number of nitrogens with one attached hydrogen (secondary N) is 1. The maximum absolute atomic E-state index is 12.2. The number of ether oxygens (including phenoxy) is 1. The van der Waals surface area contributed by atoms with Crippen molar-refractivity contribution in [3.8, 4) is 0 Å². The minimum absolute atomic E-state index is 0.0625. The van der Waals surface area contributed by atoms with E-state index in [0.29, 0.717) is 19.7 Å². The van der Waals surface area contributed by atoms with E-state index in [2.05, 4.69) is 30.1 Å². The predicted molar refractivity (Wildman–Crippen MR) is 91.8 cm³/mol. The minimum atomic E-state index is 0.0625. The highest BCUT2D eigenvalue weighted by atomic mass is 16.5. The van der Waals surface area contributed by atoms with Gasteiger partial charge in [0.05, 0.1) is 13.2 Å². The van der Waals surface area contributed by atoms with Crippen LogP contribution in [0.25, 0.3) is 0 Å². The molecule has 128 valence electrons. The van der Waals surface area contributed by atoms with E-state index in [1.807, 2.05) is 18.2 Å². The number of likely N-dealkylation sites (tertiary alicyclic amines) is 1. The topological polar surface area (TPSA) is 67.6 Å². The van der Waals surface area contributed by atoms with Crippen LogP contribution in [0.15, 0.2) is 24.3 Å². The summed E-state index contributed by atoms with van der Waals surface area (Å²) in [5.41, 5.74) is 8.41. The van der Waals surface area contributed by atoms with Crippen molar-refractivity contribution < 1.29 is 9.53 Å². The van der Waals surface area contributed by atoms with Crippen LogP contribution >= 0.6 is 0 Å². The summed E-state index contributed by atoms with van der Waals surface area (Å²) in [6.07, 6.45) is 0.944. The van der Waals surface area contributed by atoms with Crippen LogP contribution in [0, 0.1) is 5.41 Å². The van der Waals surface area contributed by atoms with Gasteiger partial charge >= 0.3 is 0 Å². The highest BCUT2D eigenvalue weighted by Gasteiger charge is 2.33. The van der Waals surface area contributed by atoms with E-state index in [0.717, 1.165) is 30.6 Å². The van der Waals surface area contributed by atoms with Gasteiger partial charge in [-0.1, -0.05) is 38.1 Å². The van der Waals surface area contributed by atoms with Crippen LogP contribution in [0.3, 0.4) is 0 Å². The van der Waals surface area contributed by atoms with E-state index in [4.69, 9.17) is 10.5 Å². The van der Waals surface area contributed by atoms with Crippen molar-refractivity contribution in [1.82, 2.24) is 10.2 Å². The Kier molecular flexibility index (Phi) is 6.16. The molecule has 1 aliphatic heterocycles. The molecule has 1 atom stereocenters. The molecule has 0 aliphatic carbocycles. The third kappa shape index (κ3) is 5.30. The van der Waals surface area contributed by atoms with E-state index in [-0.39, 0.29) is 17.4 Å². The van der Waals surface area contributed by atoms with Gasteiger partial charge in [-0.25, -0.2) is 0 Å². The Morgan fingerprint density at radius 3 is 2.87 bits per heavy atom. The summed E-state index contributed by atoms with van der Waals surface area (Å²) in [6.45, 7) is 7.67. The lowest BCUT2D eigenvalue weighted by molar-refractivity contribution is -0.123. The van der Waals surface area contributed by atoms with Crippen molar-refractivity contribution in [3.05, 3.63) is 35.4 Å². The smallest absolute Gasteiger partial charge is 0.234 e. The molecular weight excluding hydrogens is 290 g/mol. The van der Waals surface area contributed by atoms with Crippen LogP contribution in [-0.2, 0) is 22.7 Å². The third-order valence-corrected chi connectivity index (χ3v) is 4.55. The Labute approximate surface area is 139 Å². The maximum Gasteiger partial charge on any atom is 0.234 e. The van der Waals surface area contributed by atoms with Crippen molar-refractivity contribution >= 4 is 5.91 Å². The van der Waals surface area contributed by atoms with Gasteiger partial charge in [0.1, 0.15) is 0 Å². The number of amides is 1. The highest BCUT2D eigenvalue weighted by Crippen LogP contribution is 2.27. The van der Waals surface area contributed by atoms with Crippen molar-refractivity contribution in [3.63, 3.8) is 0 Å². The molecular formula is C18H29N3O2. The molecule has 1 aromatic carbocycles. The fraction of sp³-hybridized carbons (Fsp3) is 0.611. The molecule has 23 heavy (non-hydrogen) atoms. The molecule has 1 saturated heterocycles. The van der Waals surface area contributed by atoms with Gasteiger partial charge in [-0.15, -0.1) is 0 Å². The molecule has 0 radical (unpaired) electrons. The Morgan fingerprint density at radius 2 is 2.17 bits per heavy atom. The Morgan fingerprint density at radius 1 is 1.43 bits per heavy atom. The number of benzene rings is 1. The molecule has 1 aliphatic rings. The van der Waals surface area contributed by atoms with Crippen LogP contribution in [0.5, 0.6) is 0 Å². The molecule has 0 spiro atoms. The summed E-state index contributed by atoms with van der Waals surface area (Å²) in [5.74, 6) is 0.0633. The van der Waals surface area contributed by atoms with Crippen LogP contribution in [0.4, 0.5) is 0 Å². The molecule has 2 rings (SSSR count). The average Bonchev–Trinajstić information content (AvgIpc) is 2.49. The molecule has 0 saturated carbocycles. The zero-order chi connectivity index (χ0) is 16.9. The van der Waals surface area contributed by atoms with Crippen LogP contribution in [0.2, 0.25) is 0 Å². The molecule has 1 heterocycles. The SMILES string of the molecule is COCc1cccc(CNC(=O)CN2CCC(N)C(C)(C)C2)c1. The zero-order valence-corrected chi connectivity index (χ0v) is 14.5. The van der Waals surface area contributed by atoms with Gasteiger partial charge < -0.3 is 15.8 Å². The molecule has 1 aromatic rings. The summed E-state index contributed by atoms with van der Waals surface area (Å²) >= 11 is 0. The van der Waals surface area contributed by atoms with Crippen molar-refractivity contribution in [2.75, 3.05) is 26.7 Å². The Hall–Kier alpha value is -1.43. The first-order chi connectivity index (χ1) is 10.9. The number of carbonyl (C=O) groups excluding carboxylic acids is 1. The lowest BCUT2D eigenvalue weighted by atomic mass is 9.80. The van der Waals surface area contributed by atoms with E-state index >= 15 is 0 Å². The molecule has 1 fully saturated rings. The van der Waals surface area contributed by atoms with Gasteiger partial charge in [-0.2, -0.15) is 0 Å². The summed E-state index contributed by atoms with van der Waals surface area (Å²) in [5, 5.41) is 3.00. The van der Waals surface area contributed by atoms with Gasteiger partial charge in [-0.3, -0.25) is 9.69 Å². The normalized spacial score (nSPS) is 21.1. The standard InChI is InChI=1S/C18H29N3O2/c1-18(2)13-21(8-7-16(18)19)11-17(22)20-10-14-5-4-6-15(9-14)12-23-3/h4-6,9,16H,7-8,10-13,19H2,1-3H3,(H,20,22). The van der Waals surface area contributed by atoms with Crippen LogP contribution in [0.1, 0.15) is 31.4 Å². The largest absolute Gasteiger partial charge is 0.380 e. The molecule has 3 N–H and O–H groups in total. The molecule has 1 amide bonds. The molecule has 0 aromatic heterocycles. The summed E-state index contributed by atoms with van der Waals surface area (Å²) in [7, 11) is 1.68. The molecule has 0 bridgehead atoms. The van der Waals surface area contributed by atoms with E-state index < -0.39 is 0 Å². The monoisotopic (exact) mass is 319 g/mol. The summed E-state index contributed by atoms with van der Waals surface area (Å²) in [4.78, 5) is 14.4. The van der Waals surface area contributed by atoms with Crippen molar-refractivity contribution in [2.45, 2.75) is 39.5 Å². The van der Waals surface area contributed by atoms with Crippen molar-refractivity contribution in [1.29, 1.82) is 0 Å². The summed E-state index contributed by atoms with van der Waals surface area (Å²) < 4.78 is 5.13. The van der Waals surface area contributed by atoms with E-state index in [9.17, 15) is 4.79 Å². The van der Waals surface area contributed by atoms with E-state index in [1.54, 1.807) is 7.11 Å². The lowest BCUT2D eigenvalue weighted by Crippen LogP contribution is -2.54. The number of hydrogen-bond acceptors (Lipinski definition) is 4. The second-order valence-electron chi connectivity index (χ2n) is 7.12. The third-order valence-electron chi connectivity index (χ3n) is 4.55. The number of rotatable bonds is 6. The molecule has 5 nitrogen and oxygen atoms in total. The first-order valence-corrected chi connectivity index (χ1v) is 8.22. The number of methoxy groups -OCH3 is 1. The quantitative estimate of drug-likeness (QED) is 0.834. The Bertz CT molecular complexity index is 531. The zero-order valence-electron chi connectivity index (χ0n) is 14.5. The molecule has 1 unspecified atom stereocenters. The van der Waals surface area contributed by atoms with Gasteiger partial charge in [0.15, 0.2) is 0 Å². The maximum atomic E-state index is 12.2. The predicted octanol–water partition coefficient (Wildman–Crippen LogP) is 1.51. The second-order valence-corrected chi connectivity index (χ2v) is 7.12. The number of carbonyl (C=O) groups is 1. The van der Waals surface area contributed by atoms with Crippen LogP contribution < -0.4 is 11.1 Å². The number of nitrogens with two attached hydrogens (primary N) is 1. The molecule has 5 heteroatoms. The first kappa shape index (κ1) is 17.9. The number of piperidine rings is 1. The number of nitrogens with zero attached hydrogens (tertiary/aromatic N) is 1. The van der Waals surface area contributed by atoms with E-state index in [1.165, 1.54) is 0 Å². The lowest BCUT2D eigenvalue weighted by Gasteiger charge is -2.42. The Balaban J connectivity index is 1.80. The van der Waals surface area contributed by atoms with Gasteiger partial charge in [0.25, 0.3) is 0 Å². The minimum Gasteiger partial charge on any atom is -0.380 e.